The van der Waals surface area contributed by atoms with Gasteiger partial charge >= 0.3 is 12.1 Å². The van der Waals surface area contributed by atoms with Crippen LogP contribution in [0.15, 0.2) is 60.0 Å². The van der Waals surface area contributed by atoms with Crippen molar-refractivity contribution in [2.75, 3.05) is 10.6 Å². The Balaban J connectivity index is 1.86. The summed E-state index contributed by atoms with van der Waals surface area (Å²) in [7, 11) is 0. The number of carbonyl (C=O) groups is 3. The monoisotopic (exact) mass is 452 g/mol. The van der Waals surface area contributed by atoms with Gasteiger partial charge in [-0.05, 0) is 67.6 Å². The minimum absolute atomic E-state index is 0.116. The zero-order valence-electron chi connectivity index (χ0n) is 18.0. The fourth-order valence-corrected chi connectivity index (χ4v) is 3.63. The van der Waals surface area contributed by atoms with Gasteiger partial charge in [0.25, 0.3) is 5.91 Å². The van der Waals surface area contributed by atoms with E-state index >= 15 is 0 Å². The molecule has 3 N–H and O–H groups in total. The highest BCUT2D eigenvalue weighted by atomic mass is 32.1. The molecule has 2 aromatic carbocycles. The molecule has 0 atom stereocenters. The van der Waals surface area contributed by atoms with E-state index in [9.17, 15) is 14.4 Å². The molecule has 32 heavy (non-hydrogen) atoms. The second kappa shape index (κ2) is 9.65. The second-order valence-electron chi connectivity index (χ2n) is 8.09. The summed E-state index contributed by atoms with van der Waals surface area (Å²) in [5.41, 5.74) is 2.01. The first-order valence-corrected chi connectivity index (χ1v) is 10.8. The molecule has 1 heterocycles. The molecule has 0 saturated heterocycles. The van der Waals surface area contributed by atoms with Gasteiger partial charge in [0.15, 0.2) is 0 Å². The van der Waals surface area contributed by atoms with Gasteiger partial charge in [0.05, 0.1) is 17.8 Å². The van der Waals surface area contributed by atoms with E-state index < -0.39 is 17.7 Å². The molecule has 0 saturated carbocycles. The molecule has 3 aromatic rings. The van der Waals surface area contributed by atoms with E-state index in [0.29, 0.717) is 22.5 Å². The number of carboxylic acids is 1. The molecule has 0 bridgehead atoms. The lowest BCUT2D eigenvalue weighted by molar-refractivity contribution is -0.136. The Morgan fingerprint density at radius 1 is 0.969 bits per heavy atom. The SMILES string of the molecule is CC(C)(C)OC(=O)Nc1ccc(-c2cccs2)cc1NC(=O)c1ccc(CC(=O)O)cc1. The number of benzene rings is 2. The highest BCUT2D eigenvalue weighted by molar-refractivity contribution is 7.13. The smallest absolute Gasteiger partial charge is 0.412 e. The average Bonchev–Trinajstić information content (AvgIpc) is 3.22. The first-order chi connectivity index (χ1) is 15.1. The van der Waals surface area contributed by atoms with E-state index in [1.54, 1.807) is 68.5 Å². The Kier molecular flexibility index (Phi) is 6.95. The molecular formula is C24H24N2O5S. The number of rotatable bonds is 6. The van der Waals surface area contributed by atoms with Crippen LogP contribution in [0.1, 0.15) is 36.7 Å². The number of hydrogen-bond donors (Lipinski definition) is 3. The van der Waals surface area contributed by atoms with Gasteiger partial charge in [-0.1, -0.05) is 24.3 Å². The number of hydrogen-bond acceptors (Lipinski definition) is 5. The van der Waals surface area contributed by atoms with Crippen LogP contribution >= 0.6 is 11.3 Å². The van der Waals surface area contributed by atoms with Gasteiger partial charge in [0, 0.05) is 10.4 Å². The molecule has 166 valence electrons. The van der Waals surface area contributed by atoms with Crippen LogP contribution in [0.25, 0.3) is 10.4 Å². The average molecular weight is 453 g/mol. The number of aliphatic carboxylic acids is 1. The van der Waals surface area contributed by atoms with Crippen molar-refractivity contribution in [3.8, 4) is 10.4 Å². The van der Waals surface area contributed by atoms with Crippen molar-refractivity contribution in [3.05, 3.63) is 71.1 Å². The van der Waals surface area contributed by atoms with Crippen molar-refractivity contribution in [2.45, 2.75) is 32.8 Å². The molecule has 3 rings (SSSR count). The molecule has 0 radical (unpaired) electrons. The summed E-state index contributed by atoms with van der Waals surface area (Å²) in [6.45, 7) is 5.30. The maximum absolute atomic E-state index is 12.8. The fourth-order valence-electron chi connectivity index (χ4n) is 2.91. The summed E-state index contributed by atoms with van der Waals surface area (Å²) in [6, 6.07) is 15.6. The minimum atomic E-state index is -0.939. The zero-order chi connectivity index (χ0) is 23.3. The van der Waals surface area contributed by atoms with Gasteiger partial charge in [-0.25, -0.2) is 4.79 Å². The van der Waals surface area contributed by atoms with E-state index in [2.05, 4.69) is 10.6 Å². The molecule has 2 amide bonds. The quantitative estimate of drug-likeness (QED) is 0.449. The van der Waals surface area contributed by atoms with Crippen LogP contribution in [0.2, 0.25) is 0 Å². The Labute approximate surface area is 190 Å². The molecule has 0 aliphatic carbocycles. The van der Waals surface area contributed by atoms with E-state index in [0.717, 1.165) is 10.4 Å². The first-order valence-electron chi connectivity index (χ1n) is 9.91. The number of nitrogens with one attached hydrogen (secondary N) is 2. The van der Waals surface area contributed by atoms with E-state index in [1.165, 1.54) is 0 Å². The Bertz CT molecular complexity index is 1120. The van der Waals surface area contributed by atoms with E-state index in [1.807, 2.05) is 23.6 Å². The molecule has 0 aliphatic heterocycles. The van der Waals surface area contributed by atoms with Crippen LogP contribution in [0, 0.1) is 0 Å². The third-order valence-electron chi connectivity index (χ3n) is 4.28. The summed E-state index contributed by atoms with van der Waals surface area (Å²) in [5, 5.41) is 16.4. The van der Waals surface area contributed by atoms with Crippen LogP contribution in [0.5, 0.6) is 0 Å². The Morgan fingerprint density at radius 2 is 1.69 bits per heavy atom. The molecule has 8 heteroatoms. The lowest BCUT2D eigenvalue weighted by Crippen LogP contribution is -2.27. The normalized spacial score (nSPS) is 11.0. The third kappa shape index (κ3) is 6.42. The maximum Gasteiger partial charge on any atom is 0.412 e. The fraction of sp³-hybridized carbons (Fsp3) is 0.208. The van der Waals surface area contributed by atoms with Gasteiger partial charge in [-0.3, -0.25) is 14.9 Å². The molecular weight excluding hydrogens is 428 g/mol. The third-order valence-corrected chi connectivity index (χ3v) is 5.20. The van der Waals surface area contributed by atoms with Crippen molar-refractivity contribution >= 4 is 40.7 Å². The van der Waals surface area contributed by atoms with Crippen LogP contribution < -0.4 is 10.6 Å². The van der Waals surface area contributed by atoms with Crippen molar-refractivity contribution in [1.29, 1.82) is 0 Å². The van der Waals surface area contributed by atoms with Crippen LogP contribution in [-0.2, 0) is 16.0 Å². The van der Waals surface area contributed by atoms with E-state index in [4.69, 9.17) is 9.84 Å². The standard InChI is InChI=1S/C24H24N2O5S/c1-24(2,3)31-23(30)26-18-11-10-17(20-5-4-12-32-20)14-19(18)25-22(29)16-8-6-15(7-9-16)13-21(27)28/h4-12,14H,13H2,1-3H3,(H,25,29)(H,26,30)(H,27,28). The van der Waals surface area contributed by atoms with Gasteiger partial charge in [0.1, 0.15) is 5.60 Å². The van der Waals surface area contributed by atoms with Gasteiger partial charge < -0.3 is 15.2 Å². The largest absolute Gasteiger partial charge is 0.481 e. The first kappa shape index (κ1) is 23.0. The molecule has 1 aromatic heterocycles. The van der Waals surface area contributed by atoms with Gasteiger partial charge in [-0.2, -0.15) is 0 Å². The predicted octanol–water partition coefficient (Wildman–Crippen LogP) is 5.64. The number of anilines is 2. The van der Waals surface area contributed by atoms with E-state index in [-0.39, 0.29) is 12.3 Å². The number of carboxylic acid groups (broad SMARTS) is 1. The van der Waals surface area contributed by atoms with Crippen LogP contribution in [0.3, 0.4) is 0 Å². The molecule has 0 unspecified atom stereocenters. The molecule has 0 spiro atoms. The Hall–Kier alpha value is -3.65. The van der Waals surface area contributed by atoms with Crippen molar-refractivity contribution in [3.63, 3.8) is 0 Å². The zero-order valence-corrected chi connectivity index (χ0v) is 18.8. The summed E-state index contributed by atoms with van der Waals surface area (Å²) < 4.78 is 5.32. The second-order valence-corrected chi connectivity index (χ2v) is 9.03. The Morgan fingerprint density at radius 3 is 2.28 bits per heavy atom. The lowest BCUT2D eigenvalue weighted by Gasteiger charge is -2.21. The van der Waals surface area contributed by atoms with Crippen molar-refractivity contribution < 1.29 is 24.2 Å². The summed E-state index contributed by atoms with van der Waals surface area (Å²) in [5.74, 6) is -1.33. The van der Waals surface area contributed by atoms with Gasteiger partial charge in [-0.15, -0.1) is 11.3 Å². The predicted molar refractivity (Wildman–Crippen MR) is 125 cm³/mol. The lowest BCUT2D eigenvalue weighted by atomic mass is 10.1. The number of thiophene rings is 1. The molecule has 0 fully saturated rings. The summed E-state index contributed by atoms with van der Waals surface area (Å²) in [6.07, 6.45) is -0.746. The highest BCUT2D eigenvalue weighted by Gasteiger charge is 2.18. The molecule has 7 nitrogen and oxygen atoms in total. The number of carbonyl (C=O) groups excluding carboxylic acids is 2. The number of ether oxygens (including phenoxy) is 1. The van der Waals surface area contributed by atoms with Crippen LogP contribution in [-0.4, -0.2) is 28.7 Å². The summed E-state index contributed by atoms with van der Waals surface area (Å²) >= 11 is 1.56. The molecule has 0 aliphatic rings. The van der Waals surface area contributed by atoms with Crippen molar-refractivity contribution in [1.82, 2.24) is 0 Å². The highest BCUT2D eigenvalue weighted by Crippen LogP contribution is 2.32. The van der Waals surface area contributed by atoms with Crippen molar-refractivity contribution in [2.24, 2.45) is 0 Å². The van der Waals surface area contributed by atoms with Crippen LogP contribution in [0.4, 0.5) is 16.2 Å². The van der Waals surface area contributed by atoms with Gasteiger partial charge in [0.2, 0.25) is 0 Å². The minimum Gasteiger partial charge on any atom is -0.481 e. The topological polar surface area (TPSA) is 105 Å². The summed E-state index contributed by atoms with van der Waals surface area (Å²) in [4.78, 5) is 37.0. The number of amides is 2. The maximum atomic E-state index is 12.8.